The van der Waals surface area contributed by atoms with E-state index in [9.17, 15) is 13.2 Å². The molecule has 33 heavy (non-hydrogen) atoms. The van der Waals surface area contributed by atoms with E-state index in [0.29, 0.717) is 17.8 Å². The van der Waals surface area contributed by atoms with E-state index in [2.05, 4.69) is 25.5 Å². The summed E-state index contributed by atoms with van der Waals surface area (Å²) < 4.78 is 45.6. The number of nitrogens with zero attached hydrogens (tertiary/aromatic N) is 3. The summed E-state index contributed by atoms with van der Waals surface area (Å²) in [7, 11) is 0. The molecule has 170 valence electrons. The third kappa shape index (κ3) is 5.68. The van der Waals surface area contributed by atoms with Crippen LogP contribution in [0, 0.1) is 0 Å². The first-order chi connectivity index (χ1) is 15.8. The lowest BCUT2D eigenvalue weighted by Crippen LogP contribution is -2.10. The fourth-order valence-corrected chi connectivity index (χ4v) is 3.20. The number of aromatic nitrogens is 4. The van der Waals surface area contributed by atoms with Crippen molar-refractivity contribution >= 4 is 5.69 Å². The van der Waals surface area contributed by atoms with Gasteiger partial charge in [0.2, 0.25) is 0 Å². The largest absolute Gasteiger partial charge is 0.491 e. The summed E-state index contributed by atoms with van der Waals surface area (Å²) in [5.74, 6) is 0.792. The second-order valence-corrected chi connectivity index (χ2v) is 7.71. The number of nitrogens with one attached hydrogen (secondary N) is 2. The topological polar surface area (TPSA) is 75.7 Å². The average Bonchev–Trinajstić information content (AvgIpc) is 3.33. The van der Waals surface area contributed by atoms with Crippen LogP contribution in [0.5, 0.6) is 5.75 Å². The fourth-order valence-electron chi connectivity index (χ4n) is 3.20. The molecule has 0 amide bonds. The molecule has 0 spiro atoms. The van der Waals surface area contributed by atoms with E-state index in [1.54, 1.807) is 12.3 Å². The van der Waals surface area contributed by atoms with Gasteiger partial charge in [-0.25, -0.2) is 4.98 Å². The maximum Gasteiger partial charge on any atom is 0.433 e. The van der Waals surface area contributed by atoms with Gasteiger partial charge >= 0.3 is 6.18 Å². The number of anilines is 1. The minimum absolute atomic E-state index is 0.101. The van der Waals surface area contributed by atoms with Crippen LogP contribution in [0.4, 0.5) is 18.9 Å². The van der Waals surface area contributed by atoms with Crippen molar-refractivity contribution in [1.82, 2.24) is 20.2 Å². The highest BCUT2D eigenvalue weighted by Crippen LogP contribution is 2.32. The quantitative estimate of drug-likeness (QED) is 0.362. The fraction of sp³-hybridized carbons (Fsp3) is 0.208. The standard InChI is InChI=1S/C24H22F3N5O/c1-15(2)33-20-6-4-17(5-7-20)21-8-3-16(12-29-21)11-28-19-9-22(18-13-30-31-14-18)32-23(10-19)24(25,26)27/h3-10,12-15H,11H2,1-2H3,(H,28,32)(H,30,31). The van der Waals surface area contributed by atoms with E-state index in [1.165, 1.54) is 12.4 Å². The molecular formula is C24H22F3N5O. The van der Waals surface area contributed by atoms with Crippen LogP contribution in [-0.4, -0.2) is 26.3 Å². The number of halogens is 3. The number of ether oxygens (including phenoxy) is 1. The predicted octanol–water partition coefficient (Wildman–Crippen LogP) is 5.95. The molecule has 6 nitrogen and oxygen atoms in total. The number of pyridine rings is 2. The molecule has 3 heterocycles. The Morgan fingerprint density at radius 3 is 2.36 bits per heavy atom. The molecule has 0 bridgehead atoms. The molecule has 0 fully saturated rings. The summed E-state index contributed by atoms with van der Waals surface area (Å²) in [5, 5.41) is 9.40. The normalized spacial score (nSPS) is 11.6. The van der Waals surface area contributed by atoms with Gasteiger partial charge in [0.25, 0.3) is 0 Å². The molecule has 2 N–H and O–H groups in total. The molecule has 4 rings (SSSR count). The van der Waals surface area contributed by atoms with Gasteiger partial charge in [0.15, 0.2) is 0 Å². The number of rotatable bonds is 7. The van der Waals surface area contributed by atoms with Gasteiger partial charge in [-0.15, -0.1) is 0 Å². The Hall–Kier alpha value is -3.88. The maximum atomic E-state index is 13.3. The first-order valence-corrected chi connectivity index (χ1v) is 10.3. The second kappa shape index (κ2) is 9.32. The second-order valence-electron chi connectivity index (χ2n) is 7.71. The van der Waals surface area contributed by atoms with Crippen LogP contribution in [0.25, 0.3) is 22.5 Å². The van der Waals surface area contributed by atoms with Crippen molar-refractivity contribution in [3.8, 4) is 28.3 Å². The summed E-state index contributed by atoms with van der Waals surface area (Å²) >= 11 is 0. The Bertz CT molecular complexity index is 1190. The van der Waals surface area contributed by atoms with Gasteiger partial charge in [-0.05, 0) is 61.9 Å². The Kier molecular flexibility index (Phi) is 6.30. The zero-order chi connectivity index (χ0) is 23.4. The molecule has 0 aliphatic carbocycles. The van der Waals surface area contributed by atoms with E-state index in [4.69, 9.17) is 4.74 Å². The minimum atomic E-state index is -4.56. The molecule has 0 radical (unpaired) electrons. The highest BCUT2D eigenvalue weighted by molar-refractivity contribution is 5.64. The van der Waals surface area contributed by atoms with Crippen molar-refractivity contribution in [2.24, 2.45) is 0 Å². The molecule has 0 aliphatic rings. The SMILES string of the molecule is CC(C)Oc1ccc(-c2ccc(CNc3cc(-c4cn[nH]c4)nc(C(F)(F)F)c3)cn2)cc1. The lowest BCUT2D eigenvalue weighted by Gasteiger charge is -2.13. The monoisotopic (exact) mass is 453 g/mol. The number of alkyl halides is 3. The molecule has 0 saturated carbocycles. The Morgan fingerprint density at radius 2 is 1.76 bits per heavy atom. The van der Waals surface area contributed by atoms with Crippen molar-refractivity contribution in [3.63, 3.8) is 0 Å². The molecule has 9 heteroatoms. The summed E-state index contributed by atoms with van der Waals surface area (Å²) in [5.41, 5.74) is 2.55. The molecule has 0 aliphatic heterocycles. The number of aromatic amines is 1. The molecule has 1 aromatic carbocycles. The van der Waals surface area contributed by atoms with E-state index in [1.807, 2.05) is 50.2 Å². The lowest BCUT2D eigenvalue weighted by atomic mass is 10.1. The Balaban J connectivity index is 1.47. The van der Waals surface area contributed by atoms with Crippen molar-refractivity contribution in [2.45, 2.75) is 32.7 Å². The van der Waals surface area contributed by atoms with E-state index in [0.717, 1.165) is 28.6 Å². The van der Waals surface area contributed by atoms with Gasteiger partial charge in [0.1, 0.15) is 11.4 Å². The van der Waals surface area contributed by atoms with Crippen LogP contribution in [0.15, 0.2) is 67.1 Å². The smallest absolute Gasteiger partial charge is 0.433 e. The highest BCUT2D eigenvalue weighted by Gasteiger charge is 2.33. The summed E-state index contributed by atoms with van der Waals surface area (Å²) in [6.07, 6.45) is 0.162. The van der Waals surface area contributed by atoms with Gasteiger partial charge in [-0.3, -0.25) is 10.1 Å². The van der Waals surface area contributed by atoms with Crippen LogP contribution < -0.4 is 10.1 Å². The number of hydrogen-bond acceptors (Lipinski definition) is 5. The van der Waals surface area contributed by atoms with Crippen molar-refractivity contribution in [1.29, 1.82) is 0 Å². The summed E-state index contributed by atoms with van der Waals surface area (Å²) in [6.45, 7) is 4.24. The number of benzene rings is 1. The van der Waals surface area contributed by atoms with Crippen molar-refractivity contribution in [3.05, 3.63) is 78.4 Å². The van der Waals surface area contributed by atoms with Crippen molar-refractivity contribution in [2.75, 3.05) is 5.32 Å². The third-order valence-corrected chi connectivity index (χ3v) is 4.75. The van der Waals surface area contributed by atoms with Gasteiger partial charge < -0.3 is 10.1 Å². The summed E-state index contributed by atoms with van der Waals surface area (Å²) in [4.78, 5) is 8.20. The van der Waals surface area contributed by atoms with Gasteiger partial charge in [0, 0.05) is 35.8 Å². The average molecular weight is 453 g/mol. The number of H-pyrrole nitrogens is 1. The molecule has 3 aromatic heterocycles. The zero-order valence-electron chi connectivity index (χ0n) is 18.0. The van der Waals surface area contributed by atoms with Gasteiger partial charge in [0.05, 0.1) is 23.7 Å². The maximum absolute atomic E-state index is 13.3. The number of hydrogen-bond donors (Lipinski definition) is 2. The molecule has 4 aromatic rings. The van der Waals surface area contributed by atoms with Gasteiger partial charge in [-0.2, -0.15) is 18.3 Å². The van der Waals surface area contributed by atoms with Crippen LogP contribution >= 0.6 is 0 Å². The first kappa shape index (κ1) is 22.3. The van der Waals surface area contributed by atoms with Crippen LogP contribution in [0.1, 0.15) is 25.1 Å². The third-order valence-electron chi connectivity index (χ3n) is 4.75. The Morgan fingerprint density at radius 1 is 0.970 bits per heavy atom. The van der Waals surface area contributed by atoms with E-state index < -0.39 is 11.9 Å². The predicted molar refractivity (Wildman–Crippen MR) is 120 cm³/mol. The van der Waals surface area contributed by atoms with Gasteiger partial charge in [-0.1, -0.05) is 6.07 Å². The van der Waals surface area contributed by atoms with Crippen LogP contribution in [0.2, 0.25) is 0 Å². The Labute approximate surface area is 188 Å². The van der Waals surface area contributed by atoms with E-state index in [-0.39, 0.29) is 11.8 Å². The molecule has 0 saturated heterocycles. The zero-order valence-corrected chi connectivity index (χ0v) is 18.0. The minimum Gasteiger partial charge on any atom is -0.491 e. The molecule has 0 unspecified atom stereocenters. The van der Waals surface area contributed by atoms with Crippen molar-refractivity contribution < 1.29 is 17.9 Å². The first-order valence-electron chi connectivity index (χ1n) is 10.3. The van der Waals surface area contributed by atoms with Crippen LogP contribution in [-0.2, 0) is 12.7 Å². The molecule has 0 atom stereocenters. The lowest BCUT2D eigenvalue weighted by molar-refractivity contribution is -0.141. The van der Waals surface area contributed by atoms with Crippen LogP contribution in [0.3, 0.4) is 0 Å². The highest BCUT2D eigenvalue weighted by atomic mass is 19.4. The molecular weight excluding hydrogens is 431 g/mol. The van der Waals surface area contributed by atoms with E-state index >= 15 is 0 Å². The summed E-state index contributed by atoms with van der Waals surface area (Å²) in [6, 6.07) is 14.0.